The fourth-order valence-electron chi connectivity index (χ4n) is 2.30. The lowest BCUT2D eigenvalue weighted by Gasteiger charge is -2.07. The third-order valence-corrected chi connectivity index (χ3v) is 3.73. The lowest BCUT2D eigenvalue weighted by atomic mass is 10.1. The molecule has 2 aromatic rings. The maximum atomic E-state index is 12.2. The van der Waals surface area contributed by atoms with E-state index in [4.69, 9.17) is 0 Å². The van der Waals surface area contributed by atoms with Gasteiger partial charge in [0.15, 0.2) is 5.78 Å². The summed E-state index contributed by atoms with van der Waals surface area (Å²) in [5.41, 5.74) is 2.45. The number of carbonyl (C=O) groups excluding carboxylic acids is 4. The van der Waals surface area contributed by atoms with Gasteiger partial charge in [-0.1, -0.05) is 0 Å². The van der Waals surface area contributed by atoms with Gasteiger partial charge in [-0.05, 0) is 62.4 Å². The molecule has 7 heteroatoms. The first kappa shape index (κ1) is 20.6. The standard InChI is InChI=1S/C21H21N3O4/c1-13(21(28)24-19-6-4-16(5-7-19)14(2)25)12-20(27)23-18-10-8-17(9-11-18)22-15(3)26/h4-12H,1-3H3,(H,22,26)(H,23,27)(H,24,28)/b13-12-. The van der Waals surface area contributed by atoms with Gasteiger partial charge in [0.05, 0.1) is 0 Å². The van der Waals surface area contributed by atoms with Gasteiger partial charge in [0, 0.05) is 41.2 Å². The lowest BCUT2D eigenvalue weighted by Crippen LogP contribution is -2.16. The summed E-state index contributed by atoms with van der Waals surface area (Å²) in [6.07, 6.45) is 1.20. The minimum absolute atomic E-state index is 0.0595. The summed E-state index contributed by atoms with van der Waals surface area (Å²) < 4.78 is 0. The van der Waals surface area contributed by atoms with E-state index in [2.05, 4.69) is 16.0 Å². The van der Waals surface area contributed by atoms with Crippen LogP contribution in [0.5, 0.6) is 0 Å². The summed E-state index contributed by atoms with van der Waals surface area (Å²) in [6.45, 7) is 4.40. The lowest BCUT2D eigenvalue weighted by molar-refractivity contribution is -0.114. The van der Waals surface area contributed by atoms with E-state index in [0.29, 0.717) is 22.6 Å². The van der Waals surface area contributed by atoms with Crippen molar-refractivity contribution in [3.63, 3.8) is 0 Å². The highest BCUT2D eigenvalue weighted by Crippen LogP contribution is 2.14. The molecule has 2 aromatic carbocycles. The van der Waals surface area contributed by atoms with Crippen molar-refractivity contribution in [3.05, 3.63) is 65.7 Å². The molecule has 3 amide bonds. The van der Waals surface area contributed by atoms with Crippen molar-refractivity contribution in [2.75, 3.05) is 16.0 Å². The number of nitrogens with one attached hydrogen (secondary N) is 3. The zero-order valence-corrected chi connectivity index (χ0v) is 15.8. The Labute approximate surface area is 162 Å². The van der Waals surface area contributed by atoms with Crippen LogP contribution in [0.25, 0.3) is 0 Å². The van der Waals surface area contributed by atoms with Crippen molar-refractivity contribution in [2.24, 2.45) is 0 Å². The second-order valence-electron chi connectivity index (χ2n) is 6.16. The molecule has 0 aliphatic rings. The molecule has 7 nitrogen and oxygen atoms in total. The van der Waals surface area contributed by atoms with Crippen LogP contribution in [0.4, 0.5) is 17.1 Å². The van der Waals surface area contributed by atoms with Gasteiger partial charge in [-0.2, -0.15) is 0 Å². The van der Waals surface area contributed by atoms with Crippen LogP contribution in [0.3, 0.4) is 0 Å². The fourth-order valence-corrected chi connectivity index (χ4v) is 2.30. The first-order valence-corrected chi connectivity index (χ1v) is 8.54. The van der Waals surface area contributed by atoms with Crippen molar-refractivity contribution in [1.29, 1.82) is 0 Å². The minimum atomic E-state index is -0.452. The molecule has 0 saturated carbocycles. The van der Waals surface area contributed by atoms with Gasteiger partial charge >= 0.3 is 0 Å². The summed E-state index contributed by atoms with van der Waals surface area (Å²) in [7, 11) is 0. The van der Waals surface area contributed by atoms with Crippen LogP contribution in [0.15, 0.2) is 60.2 Å². The summed E-state index contributed by atoms with van der Waals surface area (Å²) >= 11 is 0. The third-order valence-electron chi connectivity index (χ3n) is 3.73. The van der Waals surface area contributed by atoms with Gasteiger partial charge in [-0.25, -0.2) is 0 Å². The SMILES string of the molecule is CC(=O)Nc1ccc(NC(=O)/C=C(/C)C(=O)Nc2ccc(C(C)=O)cc2)cc1. The summed E-state index contributed by atoms with van der Waals surface area (Å²) in [5.74, 6) is -1.12. The molecule has 0 unspecified atom stereocenters. The number of benzene rings is 2. The van der Waals surface area contributed by atoms with Crippen LogP contribution in [-0.2, 0) is 14.4 Å². The number of ketones is 1. The van der Waals surface area contributed by atoms with Crippen LogP contribution in [0, 0.1) is 0 Å². The number of amides is 3. The zero-order valence-electron chi connectivity index (χ0n) is 15.8. The van der Waals surface area contributed by atoms with Gasteiger partial charge in [-0.3, -0.25) is 19.2 Å². The van der Waals surface area contributed by atoms with E-state index in [-0.39, 0.29) is 17.3 Å². The first-order valence-electron chi connectivity index (χ1n) is 8.54. The Morgan fingerprint density at radius 1 is 0.679 bits per heavy atom. The molecular formula is C21H21N3O4. The molecule has 28 heavy (non-hydrogen) atoms. The van der Waals surface area contributed by atoms with Crippen molar-refractivity contribution in [1.82, 2.24) is 0 Å². The average Bonchev–Trinajstić information content (AvgIpc) is 2.63. The maximum Gasteiger partial charge on any atom is 0.251 e. The Morgan fingerprint density at radius 2 is 1.14 bits per heavy atom. The number of hydrogen-bond acceptors (Lipinski definition) is 4. The molecule has 3 N–H and O–H groups in total. The Bertz CT molecular complexity index is 929. The average molecular weight is 379 g/mol. The second kappa shape index (κ2) is 9.27. The molecular weight excluding hydrogens is 358 g/mol. The molecule has 0 fully saturated rings. The van der Waals surface area contributed by atoms with E-state index in [9.17, 15) is 19.2 Å². The van der Waals surface area contributed by atoms with E-state index >= 15 is 0 Å². The highest BCUT2D eigenvalue weighted by molar-refractivity contribution is 6.10. The van der Waals surface area contributed by atoms with Crippen molar-refractivity contribution < 1.29 is 19.2 Å². The van der Waals surface area contributed by atoms with E-state index in [1.807, 2.05) is 0 Å². The van der Waals surface area contributed by atoms with Crippen LogP contribution < -0.4 is 16.0 Å². The Kier molecular flexibility index (Phi) is 6.81. The van der Waals surface area contributed by atoms with E-state index in [1.54, 1.807) is 48.5 Å². The van der Waals surface area contributed by atoms with Gasteiger partial charge < -0.3 is 16.0 Å². The molecule has 0 aromatic heterocycles. The highest BCUT2D eigenvalue weighted by Gasteiger charge is 2.08. The number of hydrogen-bond donors (Lipinski definition) is 3. The second-order valence-corrected chi connectivity index (χ2v) is 6.16. The van der Waals surface area contributed by atoms with Crippen LogP contribution in [-0.4, -0.2) is 23.5 Å². The normalized spacial score (nSPS) is 10.8. The van der Waals surface area contributed by atoms with Crippen LogP contribution >= 0.6 is 0 Å². The molecule has 0 spiro atoms. The van der Waals surface area contributed by atoms with Crippen molar-refractivity contribution in [2.45, 2.75) is 20.8 Å². The molecule has 0 saturated heterocycles. The fraction of sp³-hybridized carbons (Fsp3) is 0.143. The molecule has 144 valence electrons. The molecule has 0 bridgehead atoms. The number of rotatable bonds is 6. The van der Waals surface area contributed by atoms with Crippen molar-refractivity contribution in [3.8, 4) is 0 Å². The Hall–Kier alpha value is -3.74. The third kappa shape index (κ3) is 6.21. The maximum absolute atomic E-state index is 12.2. The molecule has 0 heterocycles. The zero-order chi connectivity index (χ0) is 20.7. The molecule has 0 radical (unpaired) electrons. The van der Waals surface area contributed by atoms with Crippen LogP contribution in [0.2, 0.25) is 0 Å². The van der Waals surface area contributed by atoms with E-state index in [0.717, 1.165) is 0 Å². The number of anilines is 3. The predicted octanol–water partition coefficient (Wildman–Crippen LogP) is 3.37. The van der Waals surface area contributed by atoms with Gasteiger partial charge in [0.2, 0.25) is 11.8 Å². The van der Waals surface area contributed by atoms with E-state index < -0.39 is 11.8 Å². The highest BCUT2D eigenvalue weighted by atomic mass is 16.2. The predicted molar refractivity (Wildman–Crippen MR) is 108 cm³/mol. The Morgan fingerprint density at radius 3 is 1.64 bits per heavy atom. The first-order chi connectivity index (χ1) is 13.2. The molecule has 0 aliphatic heterocycles. The van der Waals surface area contributed by atoms with Gasteiger partial charge in [-0.15, -0.1) is 0 Å². The van der Waals surface area contributed by atoms with Crippen molar-refractivity contribution >= 4 is 40.6 Å². The quantitative estimate of drug-likeness (QED) is 0.529. The van der Waals surface area contributed by atoms with E-state index in [1.165, 1.54) is 26.8 Å². The van der Waals surface area contributed by atoms with Crippen LogP contribution in [0.1, 0.15) is 31.1 Å². The number of Topliss-reactive ketones (excluding diaryl/α,β-unsaturated/α-hetero) is 1. The smallest absolute Gasteiger partial charge is 0.251 e. The molecule has 0 aliphatic carbocycles. The summed E-state index contributed by atoms with van der Waals surface area (Å²) in [4.78, 5) is 46.5. The van der Waals surface area contributed by atoms with Gasteiger partial charge in [0.1, 0.15) is 0 Å². The summed E-state index contributed by atoms with van der Waals surface area (Å²) in [5, 5.41) is 7.94. The summed E-state index contributed by atoms with van der Waals surface area (Å²) in [6, 6.07) is 13.1. The minimum Gasteiger partial charge on any atom is -0.326 e. The topological polar surface area (TPSA) is 104 Å². The Balaban J connectivity index is 1.95. The number of carbonyl (C=O) groups is 4. The largest absolute Gasteiger partial charge is 0.326 e. The monoisotopic (exact) mass is 379 g/mol. The molecule has 0 atom stereocenters. The van der Waals surface area contributed by atoms with Gasteiger partial charge in [0.25, 0.3) is 5.91 Å². The molecule has 2 rings (SSSR count).